The van der Waals surface area contributed by atoms with Gasteiger partial charge >= 0.3 is 0 Å². The van der Waals surface area contributed by atoms with E-state index in [1.54, 1.807) is 11.8 Å². The van der Waals surface area contributed by atoms with E-state index in [1.807, 2.05) is 0 Å². The fourth-order valence-corrected chi connectivity index (χ4v) is 2.57. The third-order valence-electron chi connectivity index (χ3n) is 3.38. The monoisotopic (exact) mass is 253 g/mol. The summed E-state index contributed by atoms with van der Waals surface area (Å²) in [6.45, 7) is 3.14. The Balaban J connectivity index is 1.74. The van der Waals surface area contributed by atoms with Crippen LogP contribution in [-0.4, -0.2) is 12.3 Å². The van der Waals surface area contributed by atoms with Crippen molar-refractivity contribution in [1.29, 1.82) is 0 Å². The van der Waals surface area contributed by atoms with Crippen LogP contribution in [0.15, 0.2) is 16.5 Å². The molecule has 0 saturated heterocycles. The largest absolute Gasteiger partial charge is 0.464 e. The Morgan fingerprint density at radius 1 is 1.41 bits per heavy atom. The number of nitrogens with one attached hydrogen (secondary N) is 1. The molecule has 0 radical (unpaired) electrons. The van der Waals surface area contributed by atoms with E-state index in [2.05, 4.69) is 30.6 Å². The second-order valence-electron chi connectivity index (χ2n) is 4.97. The lowest BCUT2D eigenvalue weighted by Gasteiger charge is -2.15. The standard InChI is InChI=1S/C14H23NOS/c1-3-12(8-11-4-5-11)15-9-13-6-7-14(16-13)10-17-2/h6-7,11-12,15H,3-5,8-10H2,1-2H3. The van der Waals surface area contributed by atoms with Gasteiger partial charge in [-0.2, -0.15) is 11.8 Å². The quantitative estimate of drug-likeness (QED) is 0.762. The minimum Gasteiger partial charge on any atom is -0.464 e. The van der Waals surface area contributed by atoms with Gasteiger partial charge < -0.3 is 9.73 Å². The fraction of sp³-hybridized carbons (Fsp3) is 0.714. The maximum absolute atomic E-state index is 5.76. The zero-order valence-corrected chi connectivity index (χ0v) is 11.7. The first-order valence-corrected chi connectivity index (χ1v) is 8.01. The molecule has 1 saturated carbocycles. The molecular formula is C14H23NOS. The highest BCUT2D eigenvalue weighted by Gasteiger charge is 2.24. The van der Waals surface area contributed by atoms with Gasteiger partial charge in [-0.1, -0.05) is 19.8 Å². The summed E-state index contributed by atoms with van der Waals surface area (Å²) in [6.07, 6.45) is 7.54. The van der Waals surface area contributed by atoms with Gasteiger partial charge in [0.2, 0.25) is 0 Å². The molecule has 1 aromatic heterocycles. The molecule has 1 N–H and O–H groups in total. The zero-order chi connectivity index (χ0) is 12.1. The van der Waals surface area contributed by atoms with E-state index in [1.165, 1.54) is 25.7 Å². The van der Waals surface area contributed by atoms with Crippen molar-refractivity contribution in [3.63, 3.8) is 0 Å². The van der Waals surface area contributed by atoms with E-state index in [0.29, 0.717) is 6.04 Å². The Hall–Kier alpha value is -0.410. The zero-order valence-electron chi connectivity index (χ0n) is 10.9. The lowest BCUT2D eigenvalue weighted by molar-refractivity contribution is 0.401. The van der Waals surface area contributed by atoms with Crippen LogP contribution in [0.25, 0.3) is 0 Å². The predicted molar refractivity (Wildman–Crippen MR) is 74.2 cm³/mol. The van der Waals surface area contributed by atoms with Crippen molar-refractivity contribution in [2.45, 2.75) is 50.9 Å². The minimum absolute atomic E-state index is 0.664. The third kappa shape index (κ3) is 4.40. The van der Waals surface area contributed by atoms with Crippen molar-refractivity contribution in [2.24, 2.45) is 5.92 Å². The first-order chi connectivity index (χ1) is 8.31. The van der Waals surface area contributed by atoms with Crippen molar-refractivity contribution < 1.29 is 4.42 Å². The predicted octanol–water partition coefficient (Wildman–Crippen LogP) is 3.81. The molecule has 1 aliphatic carbocycles. The van der Waals surface area contributed by atoms with Gasteiger partial charge in [0, 0.05) is 6.04 Å². The number of thioether (sulfide) groups is 1. The Labute approximate surface area is 109 Å². The maximum Gasteiger partial charge on any atom is 0.118 e. The first kappa shape index (κ1) is 13.0. The molecule has 0 bridgehead atoms. The van der Waals surface area contributed by atoms with Crippen molar-refractivity contribution in [3.8, 4) is 0 Å². The van der Waals surface area contributed by atoms with Crippen LogP contribution < -0.4 is 5.32 Å². The van der Waals surface area contributed by atoms with E-state index < -0.39 is 0 Å². The molecule has 0 spiro atoms. The second-order valence-corrected chi connectivity index (χ2v) is 5.83. The van der Waals surface area contributed by atoms with Gasteiger partial charge in [0.15, 0.2) is 0 Å². The van der Waals surface area contributed by atoms with Gasteiger partial charge in [0.1, 0.15) is 11.5 Å². The van der Waals surface area contributed by atoms with E-state index in [-0.39, 0.29) is 0 Å². The fourth-order valence-electron chi connectivity index (χ4n) is 2.13. The average molecular weight is 253 g/mol. The van der Waals surface area contributed by atoms with Crippen LogP contribution in [0.4, 0.5) is 0 Å². The molecule has 1 aliphatic rings. The van der Waals surface area contributed by atoms with Crippen LogP contribution in [-0.2, 0) is 12.3 Å². The molecule has 1 atom stereocenters. The molecule has 1 aromatic rings. The Morgan fingerprint density at radius 2 is 2.18 bits per heavy atom. The summed E-state index contributed by atoms with van der Waals surface area (Å²) in [5.74, 6) is 4.13. The Bertz CT molecular complexity index is 333. The molecule has 0 aromatic carbocycles. The summed E-state index contributed by atoms with van der Waals surface area (Å²) in [5.41, 5.74) is 0. The van der Waals surface area contributed by atoms with Gasteiger partial charge in [0.25, 0.3) is 0 Å². The highest BCUT2D eigenvalue weighted by Crippen LogP contribution is 2.34. The second kappa shape index (κ2) is 6.50. The first-order valence-electron chi connectivity index (χ1n) is 6.61. The van der Waals surface area contributed by atoms with Crippen molar-refractivity contribution >= 4 is 11.8 Å². The molecule has 3 heteroatoms. The summed E-state index contributed by atoms with van der Waals surface area (Å²) in [7, 11) is 0. The van der Waals surface area contributed by atoms with E-state index in [9.17, 15) is 0 Å². The van der Waals surface area contributed by atoms with Crippen LogP contribution in [0.2, 0.25) is 0 Å². The van der Waals surface area contributed by atoms with E-state index >= 15 is 0 Å². The number of hydrogen-bond donors (Lipinski definition) is 1. The van der Waals surface area contributed by atoms with Gasteiger partial charge in [-0.05, 0) is 37.1 Å². The van der Waals surface area contributed by atoms with Crippen LogP contribution in [0.5, 0.6) is 0 Å². The molecule has 2 rings (SSSR count). The molecule has 1 heterocycles. The van der Waals surface area contributed by atoms with Gasteiger partial charge in [-0.3, -0.25) is 0 Å². The SMILES string of the molecule is CCC(CC1CC1)NCc1ccc(CSC)o1. The minimum atomic E-state index is 0.664. The lowest BCUT2D eigenvalue weighted by Crippen LogP contribution is -2.28. The third-order valence-corrected chi connectivity index (χ3v) is 3.95. The molecule has 0 aliphatic heterocycles. The Morgan fingerprint density at radius 3 is 2.82 bits per heavy atom. The summed E-state index contributed by atoms with van der Waals surface area (Å²) >= 11 is 1.80. The molecule has 2 nitrogen and oxygen atoms in total. The summed E-state index contributed by atoms with van der Waals surface area (Å²) in [6, 6.07) is 4.86. The molecule has 17 heavy (non-hydrogen) atoms. The molecule has 1 unspecified atom stereocenters. The summed E-state index contributed by atoms with van der Waals surface area (Å²) in [4.78, 5) is 0. The number of rotatable bonds is 8. The summed E-state index contributed by atoms with van der Waals surface area (Å²) < 4.78 is 5.76. The van der Waals surface area contributed by atoms with E-state index in [4.69, 9.17) is 4.42 Å². The molecule has 0 amide bonds. The molecule has 1 fully saturated rings. The average Bonchev–Trinajstić information content (AvgIpc) is 3.04. The Kier molecular flexibility index (Phi) is 4.99. The van der Waals surface area contributed by atoms with Crippen LogP contribution in [0.1, 0.15) is 44.1 Å². The normalized spacial score (nSPS) is 17.3. The van der Waals surface area contributed by atoms with Crippen LogP contribution >= 0.6 is 11.8 Å². The van der Waals surface area contributed by atoms with Crippen LogP contribution in [0.3, 0.4) is 0 Å². The van der Waals surface area contributed by atoms with Crippen molar-refractivity contribution in [2.75, 3.05) is 6.26 Å². The molecule has 96 valence electrons. The van der Waals surface area contributed by atoms with E-state index in [0.717, 1.165) is 29.7 Å². The van der Waals surface area contributed by atoms with Crippen molar-refractivity contribution in [3.05, 3.63) is 23.7 Å². The highest BCUT2D eigenvalue weighted by atomic mass is 32.2. The highest BCUT2D eigenvalue weighted by molar-refractivity contribution is 7.97. The summed E-state index contributed by atoms with van der Waals surface area (Å²) in [5, 5.41) is 3.61. The lowest BCUT2D eigenvalue weighted by atomic mass is 10.1. The number of furan rings is 1. The maximum atomic E-state index is 5.76. The number of hydrogen-bond acceptors (Lipinski definition) is 3. The topological polar surface area (TPSA) is 25.2 Å². The molecular weight excluding hydrogens is 230 g/mol. The van der Waals surface area contributed by atoms with Gasteiger partial charge in [-0.15, -0.1) is 0 Å². The van der Waals surface area contributed by atoms with Crippen molar-refractivity contribution in [1.82, 2.24) is 5.32 Å². The van der Waals surface area contributed by atoms with Gasteiger partial charge in [0.05, 0.1) is 12.3 Å². The van der Waals surface area contributed by atoms with Crippen LogP contribution in [0, 0.1) is 5.92 Å². The smallest absolute Gasteiger partial charge is 0.118 e. The van der Waals surface area contributed by atoms with Gasteiger partial charge in [-0.25, -0.2) is 0 Å².